The molecule has 3 aromatic rings. The summed E-state index contributed by atoms with van der Waals surface area (Å²) >= 11 is 1.50. The summed E-state index contributed by atoms with van der Waals surface area (Å²) in [6.07, 6.45) is 1.82. The highest BCUT2D eigenvalue weighted by Crippen LogP contribution is 2.29. The van der Waals surface area contributed by atoms with Crippen molar-refractivity contribution in [1.29, 1.82) is 0 Å². The van der Waals surface area contributed by atoms with Gasteiger partial charge >= 0.3 is 0 Å². The van der Waals surface area contributed by atoms with E-state index in [0.29, 0.717) is 28.4 Å². The highest BCUT2D eigenvalue weighted by Gasteiger charge is 2.16. The number of carbonyl (C=O) groups is 1. The van der Waals surface area contributed by atoms with E-state index in [-0.39, 0.29) is 11.7 Å². The number of aryl methyl sites for hydroxylation is 1. The Morgan fingerprint density at radius 2 is 1.77 bits per heavy atom. The highest BCUT2D eigenvalue weighted by atomic mass is 32.1. The number of methoxy groups -OCH3 is 2. The molecular formula is C23H25FN2O3S. The van der Waals surface area contributed by atoms with Gasteiger partial charge in [0, 0.05) is 17.0 Å². The van der Waals surface area contributed by atoms with Crippen LogP contribution in [0.3, 0.4) is 0 Å². The van der Waals surface area contributed by atoms with Crippen LogP contribution < -0.4 is 14.3 Å². The molecule has 0 saturated carbocycles. The zero-order chi connectivity index (χ0) is 21.7. The zero-order valence-electron chi connectivity index (χ0n) is 17.6. The Morgan fingerprint density at radius 1 is 1.07 bits per heavy atom. The van der Waals surface area contributed by atoms with Crippen molar-refractivity contribution in [3.8, 4) is 22.8 Å². The van der Waals surface area contributed by atoms with E-state index in [1.54, 1.807) is 37.4 Å². The third kappa shape index (κ3) is 4.46. The molecule has 0 unspecified atom stereocenters. The van der Waals surface area contributed by atoms with E-state index >= 15 is 0 Å². The van der Waals surface area contributed by atoms with Crippen LogP contribution in [0.2, 0.25) is 0 Å². The minimum atomic E-state index is -0.354. The van der Waals surface area contributed by atoms with Crippen LogP contribution in [-0.4, -0.2) is 24.7 Å². The normalized spacial score (nSPS) is 11.6. The smallest absolute Gasteiger partial charge is 0.279 e. The quantitative estimate of drug-likeness (QED) is 0.527. The van der Waals surface area contributed by atoms with E-state index in [2.05, 4.69) is 11.9 Å². The summed E-state index contributed by atoms with van der Waals surface area (Å²) < 4.78 is 26.0. The average Bonchev–Trinajstić information content (AvgIpc) is 3.10. The van der Waals surface area contributed by atoms with E-state index in [1.807, 2.05) is 11.5 Å². The summed E-state index contributed by atoms with van der Waals surface area (Å²) in [5.41, 5.74) is 2.32. The minimum absolute atomic E-state index is 0.275. The van der Waals surface area contributed by atoms with Gasteiger partial charge in [-0.2, -0.15) is 4.99 Å². The van der Waals surface area contributed by atoms with E-state index in [1.165, 1.54) is 30.6 Å². The van der Waals surface area contributed by atoms with Crippen LogP contribution in [0.1, 0.15) is 35.5 Å². The van der Waals surface area contributed by atoms with Crippen LogP contribution in [0.25, 0.3) is 11.3 Å². The SMILES string of the molecule is CCCc1sc(=NC(=O)c2ccc(OC)c(OC)c2)n(CC)c1-c1ccc(F)cc1. The van der Waals surface area contributed by atoms with Crippen molar-refractivity contribution < 1.29 is 18.7 Å². The van der Waals surface area contributed by atoms with E-state index in [4.69, 9.17) is 9.47 Å². The number of ether oxygens (including phenoxy) is 2. The maximum Gasteiger partial charge on any atom is 0.279 e. The number of hydrogen-bond donors (Lipinski definition) is 0. The third-order valence-electron chi connectivity index (χ3n) is 4.72. The molecule has 0 fully saturated rings. The second kappa shape index (κ2) is 9.71. The van der Waals surface area contributed by atoms with Crippen LogP contribution in [0.15, 0.2) is 47.5 Å². The van der Waals surface area contributed by atoms with Crippen molar-refractivity contribution in [1.82, 2.24) is 4.57 Å². The average molecular weight is 429 g/mol. The van der Waals surface area contributed by atoms with Gasteiger partial charge in [-0.1, -0.05) is 13.3 Å². The Balaban J connectivity index is 2.11. The second-order valence-corrected chi connectivity index (χ2v) is 7.71. The first-order chi connectivity index (χ1) is 14.5. The Morgan fingerprint density at radius 3 is 2.37 bits per heavy atom. The van der Waals surface area contributed by atoms with Gasteiger partial charge in [-0.15, -0.1) is 11.3 Å². The van der Waals surface area contributed by atoms with Crippen molar-refractivity contribution >= 4 is 17.2 Å². The van der Waals surface area contributed by atoms with Gasteiger partial charge < -0.3 is 14.0 Å². The summed E-state index contributed by atoms with van der Waals surface area (Å²) in [7, 11) is 3.07. The van der Waals surface area contributed by atoms with Crippen molar-refractivity contribution in [3.63, 3.8) is 0 Å². The summed E-state index contributed by atoms with van der Waals surface area (Å²) in [5.74, 6) is 0.403. The molecule has 0 bridgehead atoms. The van der Waals surface area contributed by atoms with Crippen molar-refractivity contribution in [2.24, 2.45) is 4.99 Å². The Hall–Kier alpha value is -2.93. The van der Waals surface area contributed by atoms with Crippen LogP contribution in [0.4, 0.5) is 4.39 Å². The molecule has 7 heteroatoms. The van der Waals surface area contributed by atoms with Gasteiger partial charge in [0.05, 0.1) is 19.9 Å². The third-order valence-corrected chi connectivity index (χ3v) is 5.86. The lowest BCUT2D eigenvalue weighted by Gasteiger charge is -2.09. The lowest BCUT2D eigenvalue weighted by Crippen LogP contribution is -2.17. The fraction of sp³-hybridized carbons (Fsp3) is 0.304. The topological polar surface area (TPSA) is 52.8 Å². The van der Waals surface area contributed by atoms with Crippen LogP contribution in [0, 0.1) is 5.82 Å². The number of halogens is 1. The summed E-state index contributed by atoms with van der Waals surface area (Å²) in [5, 5.41) is 0. The van der Waals surface area contributed by atoms with Crippen molar-refractivity contribution in [2.45, 2.75) is 33.2 Å². The summed E-state index contributed by atoms with van der Waals surface area (Å²) in [4.78, 5) is 19.1. The van der Waals surface area contributed by atoms with Crippen LogP contribution in [-0.2, 0) is 13.0 Å². The Bertz CT molecular complexity index is 1100. The van der Waals surface area contributed by atoms with Crippen LogP contribution in [0.5, 0.6) is 11.5 Å². The number of amides is 1. The summed E-state index contributed by atoms with van der Waals surface area (Å²) in [6.45, 7) is 4.76. The first-order valence-electron chi connectivity index (χ1n) is 9.81. The van der Waals surface area contributed by atoms with Crippen molar-refractivity contribution in [3.05, 3.63) is 63.5 Å². The lowest BCUT2D eigenvalue weighted by atomic mass is 10.1. The predicted octanol–water partition coefficient (Wildman–Crippen LogP) is 5.09. The Labute approximate surface area is 179 Å². The second-order valence-electron chi connectivity index (χ2n) is 6.64. The molecular weight excluding hydrogens is 403 g/mol. The molecule has 0 aliphatic heterocycles. The number of nitrogens with zero attached hydrogens (tertiary/aromatic N) is 2. The van der Waals surface area contributed by atoms with Gasteiger partial charge in [0.25, 0.3) is 5.91 Å². The first-order valence-corrected chi connectivity index (χ1v) is 10.6. The highest BCUT2D eigenvalue weighted by molar-refractivity contribution is 7.09. The van der Waals surface area contributed by atoms with Gasteiger partial charge in [-0.3, -0.25) is 4.79 Å². The molecule has 5 nitrogen and oxygen atoms in total. The molecule has 0 atom stereocenters. The largest absolute Gasteiger partial charge is 0.493 e. The van der Waals surface area contributed by atoms with Gasteiger partial charge in [0.15, 0.2) is 16.3 Å². The molecule has 2 aromatic carbocycles. The molecule has 0 N–H and O–H groups in total. The molecule has 1 aromatic heterocycles. The summed E-state index contributed by atoms with van der Waals surface area (Å²) in [6, 6.07) is 11.4. The lowest BCUT2D eigenvalue weighted by molar-refractivity contribution is 0.0997. The first kappa shape index (κ1) is 21.8. The molecule has 158 valence electrons. The number of carbonyl (C=O) groups excluding carboxylic acids is 1. The molecule has 0 aliphatic rings. The molecule has 0 saturated heterocycles. The maximum absolute atomic E-state index is 13.4. The number of aromatic nitrogens is 1. The maximum atomic E-state index is 13.4. The standard InChI is InChI=1S/C23H25FN2O3S/c1-5-7-20-21(15-8-11-17(24)12-9-15)26(6-2)23(30-20)25-22(27)16-10-13-18(28-3)19(14-16)29-4/h8-14H,5-7H2,1-4H3. The zero-order valence-corrected chi connectivity index (χ0v) is 18.4. The number of benzene rings is 2. The molecule has 3 rings (SSSR count). The molecule has 0 aliphatic carbocycles. The number of hydrogen-bond acceptors (Lipinski definition) is 4. The fourth-order valence-corrected chi connectivity index (χ4v) is 4.59. The molecule has 30 heavy (non-hydrogen) atoms. The monoisotopic (exact) mass is 428 g/mol. The van der Waals surface area contributed by atoms with Gasteiger partial charge in [-0.05, 0) is 61.4 Å². The molecule has 1 heterocycles. The number of thiazole rings is 1. The Kier molecular flexibility index (Phi) is 7.05. The predicted molar refractivity (Wildman–Crippen MR) is 117 cm³/mol. The minimum Gasteiger partial charge on any atom is -0.493 e. The van der Waals surface area contributed by atoms with E-state index < -0.39 is 0 Å². The van der Waals surface area contributed by atoms with E-state index in [0.717, 1.165) is 29.0 Å². The molecule has 0 spiro atoms. The van der Waals surface area contributed by atoms with E-state index in [9.17, 15) is 9.18 Å². The van der Waals surface area contributed by atoms with Crippen molar-refractivity contribution in [2.75, 3.05) is 14.2 Å². The van der Waals surface area contributed by atoms with Gasteiger partial charge in [0.2, 0.25) is 0 Å². The molecule has 1 amide bonds. The van der Waals surface area contributed by atoms with Gasteiger partial charge in [0.1, 0.15) is 5.82 Å². The number of rotatable bonds is 7. The fourth-order valence-electron chi connectivity index (χ4n) is 3.28. The molecule has 0 radical (unpaired) electrons. The van der Waals surface area contributed by atoms with Gasteiger partial charge in [-0.25, -0.2) is 4.39 Å². The van der Waals surface area contributed by atoms with Crippen LogP contribution >= 0.6 is 11.3 Å².